The average molecular weight is 279 g/mol. The maximum atomic E-state index is 12.9. The standard InChI is InChI=1S/C15H25N3O2/c1-4-6-18-12-13(11-16-18)14(19)15(3,5-2)17-7-9-20-10-8-17/h11-12H,4-10H2,1-3H3. The van der Waals surface area contributed by atoms with Gasteiger partial charge in [0.15, 0.2) is 5.78 Å². The zero-order chi connectivity index (χ0) is 14.6. The van der Waals surface area contributed by atoms with E-state index in [9.17, 15) is 4.79 Å². The Morgan fingerprint density at radius 3 is 2.70 bits per heavy atom. The number of carbonyl (C=O) groups excluding carboxylic acids is 1. The van der Waals surface area contributed by atoms with E-state index in [1.54, 1.807) is 6.20 Å². The molecule has 1 aromatic rings. The van der Waals surface area contributed by atoms with E-state index in [2.05, 4.69) is 23.8 Å². The van der Waals surface area contributed by atoms with Crippen molar-refractivity contribution in [1.29, 1.82) is 0 Å². The molecule has 0 radical (unpaired) electrons. The van der Waals surface area contributed by atoms with Gasteiger partial charge in [0.1, 0.15) is 0 Å². The van der Waals surface area contributed by atoms with Gasteiger partial charge in [-0.2, -0.15) is 5.10 Å². The van der Waals surface area contributed by atoms with Crippen LogP contribution in [0.25, 0.3) is 0 Å². The second kappa shape index (κ2) is 6.50. The number of aryl methyl sites for hydroxylation is 1. The smallest absolute Gasteiger partial charge is 0.185 e. The first-order valence-corrected chi connectivity index (χ1v) is 7.52. The lowest BCUT2D eigenvalue weighted by molar-refractivity contribution is -0.0106. The number of rotatable bonds is 6. The number of ether oxygens (including phenoxy) is 1. The molecule has 0 bridgehead atoms. The summed E-state index contributed by atoms with van der Waals surface area (Å²) >= 11 is 0. The van der Waals surface area contributed by atoms with Crippen molar-refractivity contribution < 1.29 is 9.53 Å². The summed E-state index contributed by atoms with van der Waals surface area (Å²) in [6.07, 6.45) is 5.39. The molecule has 1 atom stereocenters. The first-order chi connectivity index (χ1) is 9.61. The summed E-state index contributed by atoms with van der Waals surface area (Å²) in [5, 5.41) is 4.27. The van der Waals surface area contributed by atoms with Gasteiger partial charge in [0.05, 0.1) is 30.5 Å². The first kappa shape index (κ1) is 15.2. The van der Waals surface area contributed by atoms with Gasteiger partial charge in [-0.05, 0) is 19.8 Å². The minimum absolute atomic E-state index is 0.171. The van der Waals surface area contributed by atoms with Gasteiger partial charge in [0, 0.05) is 25.8 Å². The first-order valence-electron chi connectivity index (χ1n) is 7.52. The van der Waals surface area contributed by atoms with Gasteiger partial charge in [0.2, 0.25) is 0 Å². The summed E-state index contributed by atoms with van der Waals surface area (Å²) in [4.78, 5) is 15.1. The largest absolute Gasteiger partial charge is 0.379 e. The van der Waals surface area contributed by atoms with Gasteiger partial charge < -0.3 is 4.74 Å². The lowest BCUT2D eigenvalue weighted by Crippen LogP contribution is -2.56. The average Bonchev–Trinajstić information content (AvgIpc) is 2.95. The molecular weight excluding hydrogens is 254 g/mol. The zero-order valence-corrected chi connectivity index (χ0v) is 12.8. The fourth-order valence-corrected chi connectivity index (χ4v) is 2.73. The lowest BCUT2D eigenvalue weighted by atomic mass is 9.87. The fourth-order valence-electron chi connectivity index (χ4n) is 2.73. The molecule has 2 rings (SSSR count). The highest BCUT2D eigenvalue weighted by Crippen LogP contribution is 2.25. The monoisotopic (exact) mass is 279 g/mol. The van der Waals surface area contributed by atoms with E-state index in [4.69, 9.17) is 4.74 Å². The summed E-state index contributed by atoms with van der Waals surface area (Å²) < 4.78 is 7.24. The molecule has 0 spiro atoms. The number of aromatic nitrogens is 2. The summed E-state index contributed by atoms with van der Waals surface area (Å²) in [5.74, 6) is 0.171. The van der Waals surface area contributed by atoms with Crippen LogP contribution in [0.2, 0.25) is 0 Å². The van der Waals surface area contributed by atoms with Crippen LogP contribution in [0.15, 0.2) is 12.4 Å². The van der Waals surface area contributed by atoms with Crippen LogP contribution in [0.4, 0.5) is 0 Å². The van der Waals surface area contributed by atoms with Crippen molar-refractivity contribution in [1.82, 2.24) is 14.7 Å². The Labute approximate surface area is 120 Å². The molecule has 5 heteroatoms. The molecule has 1 aliphatic heterocycles. The Hall–Kier alpha value is -1.20. The van der Waals surface area contributed by atoms with Crippen LogP contribution in [-0.2, 0) is 11.3 Å². The van der Waals surface area contributed by atoms with E-state index in [0.29, 0.717) is 18.8 Å². The van der Waals surface area contributed by atoms with Crippen LogP contribution in [-0.4, -0.2) is 52.3 Å². The molecule has 2 heterocycles. The van der Waals surface area contributed by atoms with Gasteiger partial charge in [-0.3, -0.25) is 14.4 Å². The Morgan fingerprint density at radius 1 is 1.40 bits per heavy atom. The number of ketones is 1. The third kappa shape index (κ3) is 2.94. The minimum atomic E-state index is -0.455. The maximum Gasteiger partial charge on any atom is 0.185 e. The van der Waals surface area contributed by atoms with Gasteiger partial charge in [-0.1, -0.05) is 13.8 Å². The second-order valence-corrected chi connectivity index (χ2v) is 5.55. The van der Waals surface area contributed by atoms with Crippen molar-refractivity contribution in [3.05, 3.63) is 18.0 Å². The van der Waals surface area contributed by atoms with Crippen LogP contribution in [0, 0.1) is 0 Å². The summed E-state index contributed by atoms with van der Waals surface area (Å²) in [5.41, 5.74) is 0.262. The van der Waals surface area contributed by atoms with Crippen molar-refractivity contribution >= 4 is 5.78 Å². The van der Waals surface area contributed by atoms with Crippen LogP contribution in [0.5, 0.6) is 0 Å². The maximum absolute atomic E-state index is 12.9. The van der Waals surface area contributed by atoms with E-state index in [-0.39, 0.29) is 5.78 Å². The second-order valence-electron chi connectivity index (χ2n) is 5.55. The number of carbonyl (C=O) groups is 1. The SMILES string of the molecule is CCCn1cc(C(=O)C(C)(CC)N2CCOCC2)cn1. The van der Waals surface area contributed by atoms with Crippen molar-refractivity contribution in [2.45, 2.75) is 45.7 Å². The predicted molar refractivity (Wildman–Crippen MR) is 77.9 cm³/mol. The van der Waals surface area contributed by atoms with E-state index in [1.165, 1.54) is 0 Å². The zero-order valence-electron chi connectivity index (χ0n) is 12.8. The molecule has 1 aromatic heterocycles. The quantitative estimate of drug-likeness (QED) is 0.747. The van der Waals surface area contributed by atoms with E-state index in [1.807, 2.05) is 17.8 Å². The third-order valence-corrected chi connectivity index (χ3v) is 4.23. The molecule has 0 amide bonds. The normalized spacial score (nSPS) is 19.8. The fraction of sp³-hybridized carbons (Fsp3) is 0.733. The summed E-state index contributed by atoms with van der Waals surface area (Å²) in [7, 11) is 0. The van der Waals surface area contributed by atoms with E-state index in [0.717, 1.165) is 32.5 Å². The number of hydrogen-bond acceptors (Lipinski definition) is 4. The predicted octanol–water partition coefficient (Wildman–Crippen LogP) is 1.98. The highest BCUT2D eigenvalue weighted by atomic mass is 16.5. The third-order valence-electron chi connectivity index (χ3n) is 4.23. The van der Waals surface area contributed by atoms with Crippen molar-refractivity contribution in [2.75, 3.05) is 26.3 Å². The molecule has 1 fully saturated rings. The summed E-state index contributed by atoms with van der Waals surface area (Å²) in [6, 6.07) is 0. The van der Waals surface area contributed by atoms with E-state index >= 15 is 0 Å². The molecule has 0 N–H and O–H groups in total. The molecule has 1 aliphatic rings. The molecule has 0 saturated carbocycles. The molecule has 20 heavy (non-hydrogen) atoms. The molecule has 1 unspecified atom stereocenters. The van der Waals surface area contributed by atoms with Crippen LogP contribution in [0.3, 0.4) is 0 Å². The summed E-state index contributed by atoms with van der Waals surface area (Å²) in [6.45, 7) is 10.1. The van der Waals surface area contributed by atoms with Gasteiger partial charge in [0.25, 0.3) is 0 Å². The lowest BCUT2D eigenvalue weighted by Gasteiger charge is -2.41. The topological polar surface area (TPSA) is 47.4 Å². The van der Waals surface area contributed by atoms with Crippen LogP contribution in [0.1, 0.15) is 44.0 Å². The Balaban J connectivity index is 2.17. The number of hydrogen-bond donors (Lipinski definition) is 0. The Kier molecular flexibility index (Phi) is 4.94. The van der Waals surface area contributed by atoms with Gasteiger partial charge in [-0.15, -0.1) is 0 Å². The van der Waals surface area contributed by atoms with Crippen molar-refractivity contribution in [3.8, 4) is 0 Å². The molecule has 0 aliphatic carbocycles. The molecule has 0 aromatic carbocycles. The van der Waals surface area contributed by atoms with Crippen molar-refractivity contribution in [3.63, 3.8) is 0 Å². The number of Topliss-reactive ketones (excluding diaryl/α,β-unsaturated/α-hetero) is 1. The van der Waals surface area contributed by atoms with Gasteiger partial charge >= 0.3 is 0 Å². The Morgan fingerprint density at radius 2 is 2.10 bits per heavy atom. The van der Waals surface area contributed by atoms with Crippen LogP contribution < -0.4 is 0 Å². The van der Waals surface area contributed by atoms with E-state index < -0.39 is 5.54 Å². The molecular formula is C15H25N3O2. The molecule has 5 nitrogen and oxygen atoms in total. The molecule has 1 saturated heterocycles. The number of morpholine rings is 1. The molecule has 112 valence electrons. The Bertz CT molecular complexity index is 452. The minimum Gasteiger partial charge on any atom is -0.379 e. The van der Waals surface area contributed by atoms with Crippen LogP contribution >= 0.6 is 0 Å². The highest BCUT2D eigenvalue weighted by molar-refractivity contribution is 6.02. The van der Waals surface area contributed by atoms with Gasteiger partial charge in [-0.25, -0.2) is 0 Å². The number of nitrogens with zero attached hydrogens (tertiary/aromatic N) is 3. The van der Waals surface area contributed by atoms with Crippen molar-refractivity contribution in [2.24, 2.45) is 0 Å². The highest BCUT2D eigenvalue weighted by Gasteiger charge is 2.39.